The lowest BCUT2D eigenvalue weighted by Gasteiger charge is -2.56. The number of amides is 3. The minimum absolute atomic E-state index is 0.00511. The van der Waals surface area contributed by atoms with Crippen LogP contribution in [-0.2, 0) is 20.8 Å². The lowest BCUT2D eigenvalue weighted by atomic mass is 9.72. The summed E-state index contributed by atoms with van der Waals surface area (Å²) in [7, 11) is 0. The van der Waals surface area contributed by atoms with E-state index in [1.807, 2.05) is 11.1 Å². The Morgan fingerprint density at radius 2 is 2.14 bits per heavy atom. The molecular formula is C21H31N5O3. The van der Waals surface area contributed by atoms with Crippen molar-refractivity contribution in [3.8, 4) is 0 Å². The summed E-state index contributed by atoms with van der Waals surface area (Å²) in [4.78, 5) is 41.2. The zero-order valence-corrected chi connectivity index (χ0v) is 17.1. The van der Waals surface area contributed by atoms with E-state index in [4.69, 9.17) is 0 Å². The van der Waals surface area contributed by atoms with Crippen molar-refractivity contribution in [1.82, 2.24) is 25.3 Å². The van der Waals surface area contributed by atoms with E-state index in [0.29, 0.717) is 31.8 Å². The van der Waals surface area contributed by atoms with Gasteiger partial charge in [0.1, 0.15) is 0 Å². The maximum atomic E-state index is 12.9. The summed E-state index contributed by atoms with van der Waals surface area (Å²) in [5.41, 5.74) is 1.13. The summed E-state index contributed by atoms with van der Waals surface area (Å²) < 4.78 is 0. The predicted octanol–water partition coefficient (Wildman–Crippen LogP) is 1.10. The van der Waals surface area contributed by atoms with E-state index in [1.54, 1.807) is 6.20 Å². The average molecular weight is 402 g/mol. The first-order valence-corrected chi connectivity index (χ1v) is 10.8. The number of carbonyl (C=O) groups is 3. The summed E-state index contributed by atoms with van der Waals surface area (Å²) in [6, 6.07) is 0.197. The van der Waals surface area contributed by atoms with Gasteiger partial charge in [0.25, 0.3) is 0 Å². The van der Waals surface area contributed by atoms with Crippen LogP contribution in [-0.4, -0.2) is 69.4 Å². The summed E-state index contributed by atoms with van der Waals surface area (Å²) in [6.45, 7) is 3.43. The summed E-state index contributed by atoms with van der Waals surface area (Å²) in [5, 5.41) is 9.67. The van der Waals surface area contributed by atoms with Gasteiger partial charge in [-0.1, -0.05) is 0 Å². The van der Waals surface area contributed by atoms with Crippen molar-refractivity contribution in [1.29, 1.82) is 0 Å². The number of rotatable bonds is 6. The normalized spacial score (nSPS) is 28.8. The van der Waals surface area contributed by atoms with Crippen molar-refractivity contribution >= 4 is 17.7 Å². The van der Waals surface area contributed by atoms with E-state index >= 15 is 0 Å². The lowest BCUT2D eigenvalue weighted by Crippen LogP contribution is -2.67. The Hall–Kier alpha value is -2.38. The van der Waals surface area contributed by atoms with Gasteiger partial charge in [-0.15, -0.1) is 0 Å². The number of H-pyrrole nitrogens is 1. The van der Waals surface area contributed by atoms with Crippen molar-refractivity contribution in [2.24, 2.45) is 11.8 Å². The van der Waals surface area contributed by atoms with E-state index in [0.717, 1.165) is 44.2 Å². The maximum Gasteiger partial charge on any atom is 0.223 e. The van der Waals surface area contributed by atoms with E-state index in [-0.39, 0.29) is 35.7 Å². The Kier molecular flexibility index (Phi) is 5.87. The number of nitrogens with one attached hydrogen (secondary N) is 2. The first kappa shape index (κ1) is 19.9. The predicted molar refractivity (Wildman–Crippen MR) is 107 cm³/mol. The third kappa shape index (κ3) is 4.31. The zero-order chi connectivity index (χ0) is 20.4. The summed E-state index contributed by atoms with van der Waals surface area (Å²) in [6.07, 6.45) is 9.44. The highest BCUT2D eigenvalue weighted by atomic mass is 16.2. The van der Waals surface area contributed by atoms with Gasteiger partial charge in [-0.25, -0.2) is 0 Å². The molecule has 8 nitrogen and oxygen atoms in total. The van der Waals surface area contributed by atoms with Crippen LogP contribution in [0.5, 0.6) is 0 Å². The van der Waals surface area contributed by atoms with Gasteiger partial charge in [0.2, 0.25) is 17.7 Å². The number of hydrogen-bond donors (Lipinski definition) is 2. The van der Waals surface area contributed by atoms with E-state index in [9.17, 15) is 14.4 Å². The number of aromatic nitrogens is 2. The minimum atomic E-state index is -0.0730. The van der Waals surface area contributed by atoms with Gasteiger partial charge in [-0.05, 0) is 49.5 Å². The molecule has 2 N–H and O–H groups in total. The highest BCUT2D eigenvalue weighted by Crippen LogP contribution is 2.41. The van der Waals surface area contributed by atoms with Crippen LogP contribution in [0, 0.1) is 11.8 Å². The maximum absolute atomic E-state index is 12.9. The number of likely N-dealkylation sites (tertiary alicyclic amines) is 1. The standard InChI is InChI=1S/C21H31N5O3/c1-14(27)22-11-19-17-8-16(18-5-3-7-21(29)26(18)19)12-25(13-17)20(28)6-2-4-15-9-23-24-10-15/h9-10,16-19H,2-8,11-13H2,1H3,(H,22,27)(H,23,24)/t16-,17+,18+,19+/m1/s1. The monoisotopic (exact) mass is 401 g/mol. The molecule has 4 heterocycles. The fourth-order valence-electron chi connectivity index (χ4n) is 5.51. The molecule has 1 aromatic heterocycles. The third-order valence-corrected chi connectivity index (χ3v) is 6.82. The zero-order valence-electron chi connectivity index (χ0n) is 17.1. The van der Waals surface area contributed by atoms with Gasteiger partial charge in [0.05, 0.1) is 12.2 Å². The smallest absolute Gasteiger partial charge is 0.223 e. The number of nitrogens with zero attached hydrogens (tertiary/aromatic N) is 3. The molecule has 0 saturated carbocycles. The van der Waals surface area contributed by atoms with Crippen LogP contribution in [0.25, 0.3) is 0 Å². The molecule has 3 amide bonds. The van der Waals surface area contributed by atoms with Gasteiger partial charge in [-0.2, -0.15) is 5.10 Å². The molecule has 0 spiro atoms. The largest absolute Gasteiger partial charge is 0.354 e. The average Bonchev–Trinajstić information content (AvgIpc) is 3.21. The Morgan fingerprint density at radius 1 is 1.31 bits per heavy atom. The molecule has 0 radical (unpaired) electrons. The second-order valence-electron chi connectivity index (χ2n) is 8.78. The highest BCUT2D eigenvalue weighted by molar-refractivity contribution is 5.79. The van der Waals surface area contributed by atoms with Crippen LogP contribution in [0.3, 0.4) is 0 Å². The number of piperidine rings is 3. The molecule has 0 aliphatic carbocycles. The molecule has 1 aromatic rings. The van der Waals surface area contributed by atoms with Crippen LogP contribution in [0.15, 0.2) is 12.4 Å². The van der Waals surface area contributed by atoms with Crippen LogP contribution in [0.2, 0.25) is 0 Å². The van der Waals surface area contributed by atoms with Crippen LogP contribution in [0.1, 0.15) is 51.0 Å². The third-order valence-electron chi connectivity index (χ3n) is 6.82. The van der Waals surface area contributed by atoms with E-state index in [2.05, 4.69) is 20.4 Å². The molecule has 3 aliphatic rings. The number of carbonyl (C=O) groups excluding carboxylic acids is 3. The Labute approximate surface area is 171 Å². The Balaban J connectivity index is 1.42. The molecule has 4 rings (SSSR count). The van der Waals surface area contributed by atoms with Crippen molar-refractivity contribution in [3.63, 3.8) is 0 Å². The highest BCUT2D eigenvalue weighted by Gasteiger charge is 2.49. The minimum Gasteiger partial charge on any atom is -0.354 e. The first-order chi connectivity index (χ1) is 14.0. The molecule has 3 saturated heterocycles. The van der Waals surface area contributed by atoms with Gasteiger partial charge >= 0.3 is 0 Å². The topological polar surface area (TPSA) is 98.4 Å². The molecule has 0 unspecified atom stereocenters. The molecule has 29 heavy (non-hydrogen) atoms. The van der Waals surface area contributed by atoms with Crippen LogP contribution in [0.4, 0.5) is 0 Å². The van der Waals surface area contributed by atoms with E-state index in [1.165, 1.54) is 6.92 Å². The fraction of sp³-hybridized carbons (Fsp3) is 0.714. The molecule has 3 fully saturated rings. The molecule has 0 aromatic carbocycles. The number of fused-ring (bicyclic) bond motifs is 4. The van der Waals surface area contributed by atoms with Crippen molar-refractivity contribution < 1.29 is 14.4 Å². The second-order valence-corrected chi connectivity index (χ2v) is 8.78. The van der Waals surface area contributed by atoms with E-state index < -0.39 is 0 Å². The van der Waals surface area contributed by atoms with Crippen molar-refractivity contribution in [3.05, 3.63) is 18.0 Å². The summed E-state index contributed by atoms with van der Waals surface area (Å²) >= 11 is 0. The number of aryl methyl sites for hydroxylation is 1. The molecule has 158 valence electrons. The number of aromatic amines is 1. The van der Waals surface area contributed by atoms with Crippen LogP contribution < -0.4 is 5.32 Å². The van der Waals surface area contributed by atoms with Gasteiger partial charge in [0, 0.05) is 51.6 Å². The quantitative estimate of drug-likeness (QED) is 0.746. The van der Waals surface area contributed by atoms with Gasteiger partial charge < -0.3 is 15.1 Å². The van der Waals surface area contributed by atoms with Crippen LogP contribution >= 0.6 is 0 Å². The molecular weight excluding hydrogens is 370 g/mol. The SMILES string of the molecule is CC(=O)NC[C@H]1[C@H]2C[C@H](CN(C(=O)CCCc3cn[nH]c3)C2)[C@@H]2CCCC(=O)N21. The first-order valence-electron chi connectivity index (χ1n) is 10.8. The summed E-state index contributed by atoms with van der Waals surface area (Å²) in [5.74, 6) is 0.931. The second kappa shape index (κ2) is 8.55. The number of hydrogen-bond acceptors (Lipinski definition) is 4. The van der Waals surface area contributed by atoms with Gasteiger partial charge in [0.15, 0.2) is 0 Å². The van der Waals surface area contributed by atoms with Gasteiger partial charge in [-0.3, -0.25) is 19.5 Å². The van der Waals surface area contributed by atoms with Crippen molar-refractivity contribution in [2.45, 2.75) is 64.0 Å². The molecule has 8 heteroatoms. The lowest BCUT2D eigenvalue weighted by molar-refractivity contribution is -0.156. The molecule has 2 bridgehead atoms. The Bertz CT molecular complexity index is 750. The Morgan fingerprint density at radius 3 is 2.90 bits per heavy atom. The van der Waals surface area contributed by atoms with Crippen molar-refractivity contribution in [2.75, 3.05) is 19.6 Å². The molecule has 4 atom stereocenters. The molecule has 3 aliphatic heterocycles. The fourth-order valence-corrected chi connectivity index (χ4v) is 5.51.